The highest BCUT2D eigenvalue weighted by Crippen LogP contribution is 2.31. The minimum absolute atomic E-state index is 0.297. The van der Waals surface area contributed by atoms with Crippen molar-refractivity contribution in [1.82, 2.24) is 10.2 Å². The van der Waals surface area contributed by atoms with Crippen molar-refractivity contribution in [2.24, 2.45) is 0 Å². The van der Waals surface area contributed by atoms with Crippen molar-refractivity contribution < 1.29 is 23.5 Å². The van der Waals surface area contributed by atoms with E-state index in [2.05, 4.69) is 10.6 Å². The van der Waals surface area contributed by atoms with Gasteiger partial charge in [-0.2, -0.15) is 0 Å². The van der Waals surface area contributed by atoms with Crippen LogP contribution in [-0.2, 0) is 15.1 Å². The van der Waals surface area contributed by atoms with Gasteiger partial charge in [0.2, 0.25) is 5.91 Å². The Morgan fingerprint density at radius 1 is 1.10 bits per heavy atom. The number of para-hydroxylation sites is 2. The summed E-state index contributed by atoms with van der Waals surface area (Å²) in [5.74, 6) is 0.262. The summed E-state index contributed by atoms with van der Waals surface area (Å²) in [5, 5.41) is 5.30. The van der Waals surface area contributed by atoms with Crippen LogP contribution < -0.4 is 15.4 Å². The molecule has 1 saturated heterocycles. The maximum absolute atomic E-state index is 12.8. The lowest BCUT2D eigenvalue weighted by atomic mass is 9.99. The summed E-state index contributed by atoms with van der Waals surface area (Å²) in [7, 11) is 0. The van der Waals surface area contributed by atoms with Crippen LogP contribution in [0, 0.1) is 6.92 Å². The Morgan fingerprint density at radius 3 is 2.55 bits per heavy atom. The van der Waals surface area contributed by atoms with E-state index in [1.54, 1.807) is 36.4 Å². The van der Waals surface area contributed by atoms with Crippen LogP contribution in [0.15, 0.2) is 71.3 Å². The molecule has 0 bridgehead atoms. The minimum Gasteiger partial charge on any atom is -0.466 e. The van der Waals surface area contributed by atoms with Crippen molar-refractivity contribution in [3.63, 3.8) is 0 Å². The summed E-state index contributed by atoms with van der Waals surface area (Å²) in [6, 6.07) is 17.0. The molecule has 1 atom stereocenters. The highest BCUT2D eigenvalue weighted by atomic mass is 16.5. The minimum atomic E-state index is -1.35. The Kier molecular flexibility index (Phi) is 5.21. The summed E-state index contributed by atoms with van der Waals surface area (Å²) in [5.41, 5.74) is 0.172. The van der Waals surface area contributed by atoms with Crippen molar-refractivity contribution in [3.05, 3.63) is 78.3 Å². The first-order valence-corrected chi connectivity index (χ1v) is 9.68. The average molecular weight is 419 g/mol. The quantitative estimate of drug-likeness (QED) is 0.592. The molecule has 8 heteroatoms. The Hall–Kier alpha value is -4.07. The number of hydrogen-bond acceptors (Lipinski definition) is 5. The molecule has 0 spiro atoms. The highest BCUT2D eigenvalue weighted by Gasteiger charge is 2.51. The number of carbonyl (C=O) groups excluding carboxylic acids is 3. The van der Waals surface area contributed by atoms with Crippen LogP contribution in [0.1, 0.15) is 18.2 Å². The molecule has 1 fully saturated rings. The number of ether oxygens (including phenoxy) is 1. The van der Waals surface area contributed by atoms with Gasteiger partial charge >= 0.3 is 6.03 Å². The van der Waals surface area contributed by atoms with Gasteiger partial charge in [-0.1, -0.05) is 29.8 Å². The SMILES string of the molecule is Cc1ccc(Oc2ccccc2NC(=O)CN2C(=O)NC(C)(c3ccco3)C2=O)cc1. The van der Waals surface area contributed by atoms with Crippen LogP contribution in [0.2, 0.25) is 0 Å². The van der Waals surface area contributed by atoms with Crippen molar-refractivity contribution in [1.29, 1.82) is 0 Å². The average Bonchev–Trinajstić information content (AvgIpc) is 3.36. The van der Waals surface area contributed by atoms with Gasteiger partial charge < -0.3 is 19.8 Å². The summed E-state index contributed by atoms with van der Waals surface area (Å²) in [6.45, 7) is 3.07. The number of amides is 4. The maximum atomic E-state index is 12.8. The molecule has 8 nitrogen and oxygen atoms in total. The van der Waals surface area contributed by atoms with Crippen molar-refractivity contribution in [3.8, 4) is 11.5 Å². The third-order valence-electron chi connectivity index (χ3n) is 5.00. The number of benzene rings is 2. The van der Waals surface area contributed by atoms with E-state index in [4.69, 9.17) is 9.15 Å². The lowest BCUT2D eigenvalue weighted by Crippen LogP contribution is -2.41. The standard InChI is InChI=1S/C23H21N3O5/c1-15-9-11-16(12-10-15)31-18-7-4-3-6-17(18)24-20(27)14-26-21(28)23(2,25-22(26)29)19-8-5-13-30-19/h3-13H,14H2,1-2H3,(H,24,27)(H,25,29). The molecule has 158 valence electrons. The van der Waals surface area contributed by atoms with Crippen molar-refractivity contribution in [2.75, 3.05) is 11.9 Å². The first kappa shape index (κ1) is 20.2. The molecule has 4 amide bonds. The lowest BCUT2D eigenvalue weighted by molar-refractivity contribution is -0.134. The maximum Gasteiger partial charge on any atom is 0.325 e. The molecule has 1 aliphatic rings. The molecule has 1 aliphatic heterocycles. The zero-order valence-electron chi connectivity index (χ0n) is 17.0. The monoisotopic (exact) mass is 419 g/mol. The first-order chi connectivity index (χ1) is 14.9. The molecular formula is C23H21N3O5. The fraction of sp³-hybridized carbons (Fsp3) is 0.174. The number of imide groups is 1. The van der Waals surface area contributed by atoms with Crippen LogP contribution in [-0.4, -0.2) is 29.3 Å². The van der Waals surface area contributed by atoms with E-state index in [9.17, 15) is 14.4 Å². The molecule has 2 N–H and O–H groups in total. The summed E-state index contributed by atoms with van der Waals surface area (Å²) in [4.78, 5) is 38.7. The van der Waals surface area contributed by atoms with Crippen LogP contribution in [0.25, 0.3) is 0 Å². The van der Waals surface area contributed by atoms with Gasteiger partial charge in [0.25, 0.3) is 5.91 Å². The fourth-order valence-electron chi connectivity index (χ4n) is 3.30. The summed E-state index contributed by atoms with van der Waals surface area (Å²) < 4.78 is 11.2. The first-order valence-electron chi connectivity index (χ1n) is 9.68. The number of carbonyl (C=O) groups is 3. The number of nitrogens with zero attached hydrogens (tertiary/aromatic N) is 1. The highest BCUT2D eigenvalue weighted by molar-refractivity contribution is 6.10. The molecule has 1 aromatic heterocycles. The Morgan fingerprint density at radius 2 is 1.84 bits per heavy atom. The molecular weight excluding hydrogens is 398 g/mol. The number of urea groups is 1. The summed E-state index contributed by atoms with van der Waals surface area (Å²) >= 11 is 0. The molecule has 4 rings (SSSR count). The Bertz CT molecular complexity index is 1120. The second-order valence-electron chi connectivity index (χ2n) is 7.38. The van der Waals surface area contributed by atoms with Gasteiger partial charge in [0.15, 0.2) is 11.3 Å². The van der Waals surface area contributed by atoms with Crippen molar-refractivity contribution >= 4 is 23.5 Å². The van der Waals surface area contributed by atoms with E-state index in [-0.39, 0.29) is 0 Å². The normalized spacial score (nSPS) is 18.1. The number of nitrogens with one attached hydrogen (secondary N) is 2. The van der Waals surface area contributed by atoms with E-state index in [0.717, 1.165) is 10.5 Å². The lowest BCUT2D eigenvalue weighted by Gasteiger charge is -2.19. The zero-order valence-corrected chi connectivity index (χ0v) is 17.0. The number of hydrogen-bond donors (Lipinski definition) is 2. The van der Waals surface area contributed by atoms with Crippen LogP contribution in [0.4, 0.5) is 10.5 Å². The van der Waals surface area contributed by atoms with E-state index in [1.807, 2.05) is 31.2 Å². The summed E-state index contributed by atoms with van der Waals surface area (Å²) in [6.07, 6.45) is 1.42. The van der Waals surface area contributed by atoms with Crippen LogP contribution >= 0.6 is 0 Å². The van der Waals surface area contributed by atoms with Crippen molar-refractivity contribution in [2.45, 2.75) is 19.4 Å². The molecule has 31 heavy (non-hydrogen) atoms. The molecule has 2 heterocycles. The molecule has 0 aliphatic carbocycles. The van der Waals surface area contributed by atoms with Gasteiger partial charge in [-0.05, 0) is 50.2 Å². The number of anilines is 1. The van der Waals surface area contributed by atoms with E-state index >= 15 is 0 Å². The second kappa shape index (κ2) is 7.98. The molecule has 3 aromatic rings. The van der Waals surface area contributed by atoms with Crippen LogP contribution in [0.5, 0.6) is 11.5 Å². The predicted molar refractivity (Wildman–Crippen MR) is 113 cm³/mol. The number of aryl methyl sites for hydroxylation is 1. The largest absolute Gasteiger partial charge is 0.466 e. The zero-order chi connectivity index (χ0) is 22.0. The van der Waals surface area contributed by atoms with Gasteiger partial charge in [0.1, 0.15) is 18.1 Å². The van der Waals surface area contributed by atoms with Gasteiger partial charge in [-0.15, -0.1) is 0 Å². The third kappa shape index (κ3) is 4.00. The van der Waals surface area contributed by atoms with Crippen LogP contribution in [0.3, 0.4) is 0 Å². The van der Waals surface area contributed by atoms with Gasteiger partial charge in [-0.3, -0.25) is 14.5 Å². The molecule has 0 saturated carbocycles. The number of furan rings is 1. The molecule has 0 radical (unpaired) electrons. The van der Waals surface area contributed by atoms with E-state index in [1.165, 1.54) is 13.2 Å². The second-order valence-corrected chi connectivity index (χ2v) is 7.38. The van der Waals surface area contributed by atoms with Gasteiger partial charge in [0.05, 0.1) is 12.0 Å². The Balaban J connectivity index is 1.46. The topological polar surface area (TPSA) is 101 Å². The fourth-order valence-corrected chi connectivity index (χ4v) is 3.30. The molecule has 2 aromatic carbocycles. The molecule has 1 unspecified atom stereocenters. The predicted octanol–water partition coefficient (Wildman–Crippen LogP) is 3.79. The van der Waals surface area contributed by atoms with E-state index in [0.29, 0.717) is 22.9 Å². The van der Waals surface area contributed by atoms with E-state index < -0.39 is 29.9 Å². The van der Waals surface area contributed by atoms with Gasteiger partial charge in [-0.25, -0.2) is 4.79 Å². The Labute approximate surface area is 178 Å². The third-order valence-corrected chi connectivity index (χ3v) is 5.00. The smallest absolute Gasteiger partial charge is 0.325 e. The number of rotatable bonds is 6. The van der Waals surface area contributed by atoms with Gasteiger partial charge in [0, 0.05) is 0 Å².